The van der Waals surface area contributed by atoms with Crippen molar-refractivity contribution >= 4 is 45.6 Å². The SMILES string of the molecule is CCOC=C1NN=C(C#N)C1=NS(=O)C(C)C1C(Cl)=CC=CC1(Cl)C(F)(F)F. The van der Waals surface area contributed by atoms with Crippen molar-refractivity contribution in [2.45, 2.75) is 30.1 Å². The standard InChI is InChI=1S/C16H15Cl2F3N4O2S/c1-3-27-8-12-14(11(7-22)23-24-12)25-28(26)9(2)13-10(17)5-4-6-15(13,18)16(19,20)21/h4-6,8-9,13,24H,3H2,1-2H3. The van der Waals surface area contributed by atoms with Gasteiger partial charge < -0.3 is 4.74 Å². The molecule has 0 amide bonds. The molecule has 0 fully saturated rings. The zero-order valence-electron chi connectivity index (χ0n) is 14.6. The molecule has 4 unspecified atom stereocenters. The number of halogens is 5. The van der Waals surface area contributed by atoms with Crippen molar-refractivity contribution in [3.63, 3.8) is 0 Å². The molecule has 0 aromatic carbocycles. The highest BCUT2D eigenvalue weighted by atomic mass is 35.5. The molecule has 28 heavy (non-hydrogen) atoms. The minimum atomic E-state index is -4.84. The van der Waals surface area contributed by atoms with E-state index >= 15 is 0 Å². The maximum absolute atomic E-state index is 13.6. The fourth-order valence-corrected chi connectivity index (χ4v) is 4.73. The summed E-state index contributed by atoms with van der Waals surface area (Å²) in [5.74, 6) is -1.54. The van der Waals surface area contributed by atoms with E-state index in [1.165, 1.54) is 19.3 Å². The summed E-state index contributed by atoms with van der Waals surface area (Å²) in [6.07, 6.45) is -0.480. The lowest BCUT2D eigenvalue weighted by atomic mass is 9.84. The molecule has 2 rings (SSSR count). The van der Waals surface area contributed by atoms with E-state index in [9.17, 15) is 17.4 Å². The van der Waals surface area contributed by atoms with Gasteiger partial charge in [-0.05, 0) is 19.9 Å². The normalized spacial score (nSPS) is 29.7. The molecule has 2 aliphatic rings. The van der Waals surface area contributed by atoms with E-state index in [2.05, 4.69) is 14.9 Å². The third-order valence-corrected chi connectivity index (χ3v) is 6.20. The fourth-order valence-electron chi connectivity index (χ4n) is 2.58. The summed E-state index contributed by atoms with van der Waals surface area (Å²) in [5.41, 5.74) is 2.40. The number of nitrogens with one attached hydrogen (secondary N) is 1. The van der Waals surface area contributed by atoms with Crippen LogP contribution in [0.15, 0.2) is 44.7 Å². The van der Waals surface area contributed by atoms with Crippen molar-refractivity contribution in [3.05, 3.63) is 35.2 Å². The molecule has 1 aliphatic heterocycles. The average molecular weight is 455 g/mol. The maximum Gasteiger partial charge on any atom is 0.411 e. The number of rotatable bonds is 5. The second kappa shape index (κ2) is 8.68. The van der Waals surface area contributed by atoms with Crippen LogP contribution in [0.4, 0.5) is 13.2 Å². The molecule has 0 saturated heterocycles. The number of alkyl halides is 4. The molecular weight excluding hydrogens is 440 g/mol. The lowest BCUT2D eigenvalue weighted by molar-refractivity contribution is -0.158. The van der Waals surface area contributed by atoms with Crippen molar-refractivity contribution in [2.75, 3.05) is 6.61 Å². The van der Waals surface area contributed by atoms with Crippen molar-refractivity contribution in [1.82, 2.24) is 5.43 Å². The first-order valence-electron chi connectivity index (χ1n) is 7.93. The molecule has 4 atom stereocenters. The van der Waals surface area contributed by atoms with Gasteiger partial charge in [0.2, 0.25) is 0 Å². The van der Waals surface area contributed by atoms with Crippen molar-refractivity contribution < 1.29 is 22.1 Å². The number of nitriles is 1. The number of hydrogen-bond donors (Lipinski definition) is 1. The second-order valence-electron chi connectivity index (χ2n) is 5.75. The fraction of sp³-hybridized carbons (Fsp3) is 0.438. The van der Waals surface area contributed by atoms with Crippen LogP contribution < -0.4 is 5.43 Å². The Bertz CT molecular complexity index is 861. The minimum Gasteiger partial charge on any atom is -0.499 e. The summed E-state index contributed by atoms with van der Waals surface area (Å²) in [5, 5.41) is 11.4. The molecule has 152 valence electrons. The summed E-state index contributed by atoms with van der Waals surface area (Å²) >= 11 is 11.9. The minimum absolute atomic E-state index is 0.0835. The van der Waals surface area contributed by atoms with Crippen LogP contribution in [-0.2, 0) is 15.7 Å². The second-order valence-corrected chi connectivity index (χ2v) is 8.29. The highest BCUT2D eigenvalue weighted by Gasteiger charge is 2.60. The quantitative estimate of drug-likeness (QED) is 0.506. The summed E-state index contributed by atoms with van der Waals surface area (Å²) in [6, 6.07) is 1.76. The van der Waals surface area contributed by atoms with E-state index in [1.807, 2.05) is 0 Å². The summed E-state index contributed by atoms with van der Waals surface area (Å²) in [7, 11) is -2.23. The van der Waals surface area contributed by atoms with Gasteiger partial charge in [-0.3, -0.25) is 5.43 Å². The Morgan fingerprint density at radius 1 is 1.61 bits per heavy atom. The third kappa shape index (κ3) is 4.26. The Hall–Kier alpha value is -1.83. The molecule has 0 aromatic heterocycles. The predicted octanol–water partition coefficient (Wildman–Crippen LogP) is 3.69. The Kier molecular flexibility index (Phi) is 6.96. The monoisotopic (exact) mass is 454 g/mol. The van der Waals surface area contributed by atoms with Crippen LogP contribution in [0.2, 0.25) is 0 Å². The van der Waals surface area contributed by atoms with E-state index in [0.717, 1.165) is 12.2 Å². The van der Waals surface area contributed by atoms with Gasteiger partial charge >= 0.3 is 6.18 Å². The topological polar surface area (TPSA) is 86.8 Å². The van der Waals surface area contributed by atoms with Crippen molar-refractivity contribution in [3.8, 4) is 6.07 Å². The number of hydrazone groups is 1. The molecule has 1 N–H and O–H groups in total. The van der Waals surface area contributed by atoms with Crippen molar-refractivity contribution in [1.29, 1.82) is 5.26 Å². The first-order valence-corrected chi connectivity index (χ1v) is 9.85. The van der Waals surface area contributed by atoms with E-state index in [-0.39, 0.29) is 22.2 Å². The molecule has 0 aromatic rings. The largest absolute Gasteiger partial charge is 0.499 e. The van der Waals surface area contributed by atoms with Crippen molar-refractivity contribution in [2.24, 2.45) is 15.4 Å². The lowest BCUT2D eigenvalue weighted by Crippen LogP contribution is -2.50. The highest BCUT2D eigenvalue weighted by molar-refractivity contribution is 7.84. The van der Waals surface area contributed by atoms with Gasteiger partial charge in [0.15, 0.2) is 10.6 Å². The number of nitrogens with zero attached hydrogens (tertiary/aromatic N) is 3. The molecular formula is C16H15Cl2F3N4O2S. The van der Waals surface area contributed by atoms with Gasteiger partial charge in [0.05, 0.1) is 11.9 Å². The smallest absolute Gasteiger partial charge is 0.411 e. The molecule has 0 radical (unpaired) electrons. The molecule has 0 saturated carbocycles. The van der Waals surface area contributed by atoms with Crippen LogP contribution in [0, 0.1) is 17.2 Å². The van der Waals surface area contributed by atoms with Gasteiger partial charge in [-0.2, -0.15) is 27.9 Å². The molecule has 0 spiro atoms. The number of hydrogen-bond acceptors (Lipinski definition) is 5. The molecule has 1 aliphatic carbocycles. The Morgan fingerprint density at radius 2 is 2.29 bits per heavy atom. The number of allylic oxidation sites excluding steroid dienone is 5. The Balaban J connectivity index is 2.41. The van der Waals surface area contributed by atoms with Gasteiger partial charge in [0.25, 0.3) is 0 Å². The third-order valence-electron chi connectivity index (χ3n) is 3.99. The van der Waals surface area contributed by atoms with Gasteiger partial charge in [0.1, 0.15) is 34.7 Å². The first kappa shape index (κ1) is 22.5. The van der Waals surface area contributed by atoms with E-state index < -0.39 is 33.2 Å². The van der Waals surface area contributed by atoms with Gasteiger partial charge in [-0.1, -0.05) is 23.8 Å². The Labute approximate surface area is 172 Å². The first-order chi connectivity index (χ1) is 13.1. The maximum atomic E-state index is 13.6. The summed E-state index contributed by atoms with van der Waals surface area (Å²) in [4.78, 5) is -2.84. The molecule has 12 heteroatoms. The van der Waals surface area contributed by atoms with E-state index in [1.54, 1.807) is 13.0 Å². The zero-order chi connectivity index (χ0) is 21.1. The van der Waals surface area contributed by atoms with E-state index in [4.69, 9.17) is 33.2 Å². The van der Waals surface area contributed by atoms with Gasteiger partial charge in [-0.15, -0.1) is 11.6 Å². The molecule has 1 heterocycles. The lowest BCUT2D eigenvalue weighted by Gasteiger charge is -2.38. The molecule has 0 bridgehead atoms. The van der Waals surface area contributed by atoms with Gasteiger partial charge in [0, 0.05) is 11.0 Å². The zero-order valence-corrected chi connectivity index (χ0v) is 17.0. The predicted molar refractivity (Wildman–Crippen MR) is 102 cm³/mol. The number of ether oxygens (including phenoxy) is 1. The summed E-state index contributed by atoms with van der Waals surface area (Å²) in [6.45, 7) is 3.33. The van der Waals surface area contributed by atoms with Crippen LogP contribution >= 0.6 is 23.2 Å². The molecule has 6 nitrogen and oxygen atoms in total. The summed E-state index contributed by atoms with van der Waals surface area (Å²) < 4.78 is 62.6. The average Bonchev–Trinajstić information content (AvgIpc) is 3.00. The van der Waals surface area contributed by atoms with Gasteiger partial charge in [-0.25, -0.2) is 4.21 Å². The highest BCUT2D eigenvalue weighted by Crippen LogP contribution is 2.50. The van der Waals surface area contributed by atoms with Crippen LogP contribution in [0.5, 0.6) is 0 Å². The van der Waals surface area contributed by atoms with Crippen LogP contribution in [-0.4, -0.2) is 38.5 Å². The van der Waals surface area contributed by atoms with Crippen LogP contribution in [0.25, 0.3) is 0 Å². The van der Waals surface area contributed by atoms with Crippen LogP contribution in [0.3, 0.4) is 0 Å². The van der Waals surface area contributed by atoms with E-state index in [0.29, 0.717) is 6.61 Å². The Morgan fingerprint density at radius 3 is 2.86 bits per heavy atom. The van der Waals surface area contributed by atoms with Crippen LogP contribution in [0.1, 0.15) is 13.8 Å².